The van der Waals surface area contributed by atoms with Gasteiger partial charge in [-0.15, -0.1) is 10.2 Å². The molecule has 0 unspecified atom stereocenters. The molecule has 2 N–H and O–H groups in total. The van der Waals surface area contributed by atoms with Gasteiger partial charge in [0.15, 0.2) is 5.16 Å². The van der Waals surface area contributed by atoms with E-state index in [9.17, 15) is 14.4 Å². The average Bonchev–Trinajstić information content (AvgIpc) is 3.30. The fourth-order valence-corrected chi connectivity index (χ4v) is 4.24. The summed E-state index contributed by atoms with van der Waals surface area (Å²) >= 11 is 1.19. The second-order valence-electron chi connectivity index (χ2n) is 8.06. The largest absolute Gasteiger partial charge is 0.497 e. The van der Waals surface area contributed by atoms with E-state index in [1.807, 2.05) is 13.8 Å². The summed E-state index contributed by atoms with van der Waals surface area (Å²) in [6, 6.07) is 12.0. The van der Waals surface area contributed by atoms with Crippen LogP contribution in [0.25, 0.3) is 16.7 Å². The summed E-state index contributed by atoms with van der Waals surface area (Å²) in [6.07, 6.45) is 0.801. The lowest BCUT2D eigenvalue weighted by atomic mass is 10.1. The van der Waals surface area contributed by atoms with Crippen molar-refractivity contribution in [3.05, 3.63) is 58.4 Å². The van der Waals surface area contributed by atoms with E-state index < -0.39 is 0 Å². The highest BCUT2D eigenvalue weighted by Gasteiger charge is 2.18. The lowest BCUT2D eigenvalue weighted by Gasteiger charge is -2.13. The zero-order valence-corrected chi connectivity index (χ0v) is 20.7. The number of hydrogen-bond donors (Lipinski definition) is 2. The number of nitrogens with zero attached hydrogens (tertiary/aromatic N) is 4. The molecule has 2 aromatic carbocycles. The Kier molecular flexibility index (Phi) is 7.06. The summed E-state index contributed by atoms with van der Waals surface area (Å²) in [4.78, 5) is 38.1. The predicted octanol–water partition coefficient (Wildman–Crippen LogP) is 2.85. The number of hydrogen-bond acceptors (Lipinski definition) is 7. The second kappa shape index (κ2) is 10.2. The van der Waals surface area contributed by atoms with Crippen LogP contribution in [0.4, 0.5) is 5.69 Å². The number of amides is 2. The van der Waals surface area contributed by atoms with Crippen LogP contribution in [0, 0.1) is 0 Å². The molecule has 4 rings (SSSR count). The van der Waals surface area contributed by atoms with Gasteiger partial charge in [-0.05, 0) is 55.8 Å². The summed E-state index contributed by atoms with van der Waals surface area (Å²) < 4.78 is 8.22. The maximum absolute atomic E-state index is 12.9. The third-order valence-electron chi connectivity index (χ3n) is 5.65. The average molecular weight is 495 g/mol. The number of carbonyl (C=O) groups excluding carboxylic acids is 2. The van der Waals surface area contributed by atoms with Crippen LogP contribution in [0.1, 0.15) is 30.6 Å². The van der Waals surface area contributed by atoms with Crippen molar-refractivity contribution in [3.63, 3.8) is 0 Å². The van der Waals surface area contributed by atoms with Crippen molar-refractivity contribution < 1.29 is 14.3 Å². The van der Waals surface area contributed by atoms with Gasteiger partial charge >= 0.3 is 0 Å². The Morgan fingerprint density at radius 2 is 1.89 bits per heavy atom. The zero-order valence-electron chi connectivity index (χ0n) is 19.9. The van der Waals surface area contributed by atoms with Crippen LogP contribution in [-0.4, -0.2) is 49.9 Å². The summed E-state index contributed by atoms with van der Waals surface area (Å²) in [7, 11) is 3.19. The standard InChI is InChI=1S/C24H26N6O4S/c1-5-14(2)25-21(32)15-6-11-18-19(12-15)30-23(29(3)22(18)33)27-28-24(30)35-13-20(31)26-16-7-9-17(34-4)10-8-16/h6-12,14H,5,13H2,1-4H3,(H,25,32)(H,26,31)/t14-/m0/s1. The minimum absolute atomic E-state index is 0.0205. The molecule has 0 aliphatic heterocycles. The van der Waals surface area contributed by atoms with E-state index in [-0.39, 0.29) is 29.2 Å². The first-order chi connectivity index (χ1) is 16.8. The Morgan fingerprint density at radius 3 is 2.57 bits per heavy atom. The summed E-state index contributed by atoms with van der Waals surface area (Å²) in [6.45, 7) is 3.92. The molecular weight excluding hydrogens is 468 g/mol. The highest BCUT2D eigenvalue weighted by Crippen LogP contribution is 2.23. The maximum Gasteiger partial charge on any atom is 0.262 e. The monoisotopic (exact) mass is 494 g/mol. The van der Waals surface area contributed by atoms with Crippen LogP contribution in [-0.2, 0) is 11.8 Å². The molecule has 0 aliphatic rings. The molecule has 1 atom stereocenters. The van der Waals surface area contributed by atoms with E-state index in [1.54, 1.807) is 61.0 Å². The molecule has 0 aliphatic carbocycles. The molecule has 182 valence electrons. The van der Waals surface area contributed by atoms with Gasteiger partial charge in [-0.25, -0.2) is 0 Å². The number of methoxy groups -OCH3 is 1. The smallest absolute Gasteiger partial charge is 0.262 e. The number of aryl methyl sites for hydroxylation is 1. The quantitative estimate of drug-likeness (QED) is 0.362. The van der Waals surface area contributed by atoms with Crippen LogP contribution in [0.5, 0.6) is 5.75 Å². The molecule has 0 fully saturated rings. The lowest BCUT2D eigenvalue weighted by Crippen LogP contribution is -2.32. The summed E-state index contributed by atoms with van der Waals surface area (Å²) in [5.74, 6) is 0.642. The van der Waals surface area contributed by atoms with Crippen molar-refractivity contribution in [1.29, 1.82) is 0 Å². The highest BCUT2D eigenvalue weighted by molar-refractivity contribution is 7.99. The van der Waals surface area contributed by atoms with Gasteiger partial charge in [-0.2, -0.15) is 0 Å². The molecule has 10 nitrogen and oxygen atoms in total. The molecule has 0 saturated heterocycles. The Labute approximate surface area is 205 Å². The van der Waals surface area contributed by atoms with Gasteiger partial charge in [0, 0.05) is 24.3 Å². The van der Waals surface area contributed by atoms with Gasteiger partial charge in [0.25, 0.3) is 11.5 Å². The van der Waals surface area contributed by atoms with E-state index >= 15 is 0 Å². The molecule has 35 heavy (non-hydrogen) atoms. The molecule has 4 aromatic rings. The number of carbonyl (C=O) groups is 2. The molecule has 0 bridgehead atoms. The van der Waals surface area contributed by atoms with E-state index in [0.29, 0.717) is 38.8 Å². The number of rotatable bonds is 8. The topological polar surface area (TPSA) is 120 Å². The number of aromatic nitrogens is 4. The minimum atomic E-state index is -0.248. The Balaban J connectivity index is 1.64. The molecule has 2 aromatic heterocycles. The van der Waals surface area contributed by atoms with Crippen LogP contribution in [0.15, 0.2) is 52.4 Å². The lowest BCUT2D eigenvalue weighted by molar-refractivity contribution is -0.113. The summed E-state index contributed by atoms with van der Waals surface area (Å²) in [5, 5.41) is 15.0. The van der Waals surface area contributed by atoms with E-state index in [2.05, 4.69) is 20.8 Å². The van der Waals surface area contributed by atoms with Crippen LogP contribution < -0.4 is 20.9 Å². The van der Waals surface area contributed by atoms with E-state index in [1.165, 1.54) is 16.3 Å². The van der Waals surface area contributed by atoms with Gasteiger partial charge in [0.1, 0.15) is 5.75 Å². The maximum atomic E-state index is 12.9. The molecule has 2 amide bonds. The van der Waals surface area contributed by atoms with E-state index in [4.69, 9.17) is 4.74 Å². The first-order valence-corrected chi connectivity index (χ1v) is 12.1. The molecule has 2 heterocycles. The van der Waals surface area contributed by atoms with Crippen molar-refractivity contribution in [2.45, 2.75) is 31.5 Å². The van der Waals surface area contributed by atoms with Crippen molar-refractivity contribution in [1.82, 2.24) is 24.5 Å². The highest BCUT2D eigenvalue weighted by atomic mass is 32.2. The van der Waals surface area contributed by atoms with Gasteiger partial charge in [0.2, 0.25) is 11.7 Å². The van der Waals surface area contributed by atoms with Gasteiger partial charge < -0.3 is 15.4 Å². The van der Waals surface area contributed by atoms with Crippen molar-refractivity contribution in [2.24, 2.45) is 7.05 Å². The van der Waals surface area contributed by atoms with Gasteiger partial charge in [-0.1, -0.05) is 18.7 Å². The molecule has 0 spiro atoms. The normalized spacial score (nSPS) is 12.0. The van der Waals surface area contributed by atoms with Gasteiger partial charge in [0.05, 0.1) is 23.8 Å². The molecular formula is C24H26N6O4S. The first kappa shape index (κ1) is 24.3. The number of ether oxygens (including phenoxy) is 1. The first-order valence-electron chi connectivity index (χ1n) is 11.1. The number of fused-ring (bicyclic) bond motifs is 3. The Bertz CT molecular complexity index is 1460. The van der Waals surface area contributed by atoms with Gasteiger partial charge in [-0.3, -0.25) is 23.4 Å². The third-order valence-corrected chi connectivity index (χ3v) is 6.58. The second-order valence-corrected chi connectivity index (χ2v) is 9.00. The third kappa shape index (κ3) is 4.99. The van der Waals surface area contributed by atoms with Crippen LogP contribution >= 0.6 is 11.8 Å². The number of thioether (sulfide) groups is 1. The van der Waals surface area contributed by atoms with Crippen LogP contribution in [0.3, 0.4) is 0 Å². The minimum Gasteiger partial charge on any atom is -0.497 e. The SMILES string of the molecule is CC[C@H](C)NC(=O)c1ccc2c(=O)n(C)c3nnc(SCC(=O)Nc4ccc(OC)cc4)n3c2c1. The fourth-order valence-electron chi connectivity index (χ4n) is 3.50. The fraction of sp³-hybridized carbons (Fsp3) is 0.292. The van der Waals surface area contributed by atoms with Crippen molar-refractivity contribution in [3.8, 4) is 5.75 Å². The number of nitrogens with one attached hydrogen (secondary N) is 2. The predicted molar refractivity (Wildman–Crippen MR) is 135 cm³/mol. The molecule has 0 radical (unpaired) electrons. The molecule has 11 heteroatoms. The van der Waals surface area contributed by atoms with Crippen LogP contribution in [0.2, 0.25) is 0 Å². The van der Waals surface area contributed by atoms with Crippen molar-refractivity contribution >= 4 is 45.9 Å². The Hall–Kier alpha value is -3.86. The van der Waals surface area contributed by atoms with Crippen molar-refractivity contribution in [2.75, 3.05) is 18.2 Å². The Morgan fingerprint density at radius 1 is 1.14 bits per heavy atom. The summed E-state index contributed by atoms with van der Waals surface area (Å²) in [5.41, 5.74) is 1.33. The van der Waals surface area contributed by atoms with E-state index in [0.717, 1.165) is 6.42 Å². The molecule has 0 saturated carbocycles. The number of benzene rings is 2. The number of anilines is 1. The zero-order chi connectivity index (χ0) is 25.1.